The number of nitrogens with zero attached hydrogens (tertiary/aromatic N) is 3. The fourth-order valence-corrected chi connectivity index (χ4v) is 5.43. The highest BCUT2D eigenvalue weighted by Crippen LogP contribution is 2.60. The molecule has 3 atom stereocenters. The Morgan fingerprint density at radius 2 is 1.67 bits per heavy atom. The Hall–Kier alpha value is -4.22. The maximum atomic E-state index is 14.3. The molecule has 0 aliphatic carbocycles. The molecule has 5 rings (SSSR count). The number of fused-ring (bicyclic) bond motifs is 3. The van der Waals surface area contributed by atoms with Gasteiger partial charge in [-0.1, -0.05) is 66.7 Å². The molecule has 2 aliphatic heterocycles. The van der Waals surface area contributed by atoms with E-state index in [-0.39, 0.29) is 5.78 Å². The SMILES string of the molecule is CC1=CN2[C@H](C(=O)c3ccccc3)[C@@H](c3cccc(F)c3)C(C#N)(C#N)[C@@H]2c2ccccc21. The predicted octanol–water partition coefficient (Wildman–Crippen LogP) is 5.63. The summed E-state index contributed by atoms with van der Waals surface area (Å²) >= 11 is 0. The average molecular weight is 433 g/mol. The molecule has 3 aromatic carbocycles. The summed E-state index contributed by atoms with van der Waals surface area (Å²) in [4.78, 5) is 15.8. The van der Waals surface area contributed by atoms with Crippen molar-refractivity contribution in [1.29, 1.82) is 10.5 Å². The minimum Gasteiger partial charge on any atom is -0.356 e. The van der Waals surface area contributed by atoms with Gasteiger partial charge in [0.1, 0.15) is 11.9 Å². The van der Waals surface area contributed by atoms with Gasteiger partial charge in [-0.2, -0.15) is 10.5 Å². The van der Waals surface area contributed by atoms with E-state index in [1.54, 1.807) is 36.4 Å². The maximum Gasteiger partial charge on any atom is 0.185 e. The molecule has 0 unspecified atom stereocenters. The van der Waals surface area contributed by atoms with E-state index in [0.29, 0.717) is 11.1 Å². The molecule has 2 heterocycles. The number of hydrogen-bond donors (Lipinski definition) is 0. The lowest BCUT2D eigenvalue weighted by Crippen LogP contribution is -2.38. The van der Waals surface area contributed by atoms with Gasteiger partial charge >= 0.3 is 0 Å². The van der Waals surface area contributed by atoms with Crippen molar-refractivity contribution in [3.63, 3.8) is 0 Å². The van der Waals surface area contributed by atoms with Gasteiger partial charge in [0.05, 0.1) is 18.2 Å². The number of allylic oxidation sites excluding steroid dienone is 1. The summed E-state index contributed by atoms with van der Waals surface area (Å²) < 4.78 is 14.3. The highest BCUT2D eigenvalue weighted by molar-refractivity contribution is 6.01. The molecule has 0 bridgehead atoms. The topological polar surface area (TPSA) is 67.9 Å². The molecule has 1 saturated heterocycles. The van der Waals surface area contributed by atoms with Crippen LogP contribution < -0.4 is 0 Å². The highest BCUT2D eigenvalue weighted by atomic mass is 19.1. The summed E-state index contributed by atoms with van der Waals surface area (Å²) in [5.74, 6) is -1.53. The first-order valence-electron chi connectivity index (χ1n) is 10.7. The van der Waals surface area contributed by atoms with Crippen LogP contribution in [0.1, 0.15) is 45.9 Å². The van der Waals surface area contributed by atoms with Crippen LogP contribution in [0.25, 0.3) is 5.57 Å². The van der Waals surface area contributed by atoms with Gasteiger partial charge in [0.2, 0.25) is 0 Å². The van der Waals surface area contributed by atoms with E-state index in [2.05, 4.69) is 12.1 Å². The molecule has 5 heteroatoms. The largest absolute Gasteiger partial charge is 0.356 e. The Morgan fingerprint density at radius 3 is 2.36 bits per heavy atom. The van der Waals surface area contributed by atoms with Gasteiger partial charge in [0.25, 0.3) is 0 Å². The van der Waals surface area contributed by atoms with Crippen LogP contribution in [0.3, 0.4) is 0 Å². The van der Waals surface area contributed by atoms with Crippen molar-refractivity contribution in [1.82, 2.24) is 4.90 Å². The van der Waals surface area contributed by atoms with E-state index < -0.39 is 29.2 Å². The molecule has 4 nitrogen and oxygen atoms in total. The van der Waals surface area contributed by atoms with Gasteiger partial charge in [0.15, 0.2) is 11.2 Å². The molecule has 0 spiro atoms. The highest BCUT2D eigenvalue weighted by Gasteiger charge is 2.64. The standard InChI is InChI=1S/C28H20FN3O/c1-18-15-32-25(26(33)19-8-3-2-4-9-19)24(20-10-7-11-21(29)14-20)28(16-30,17-31)27(32)23-13-6-5-12-22(18)23/h2-15,24-25,27H,1H3/t24-,25+,27+/m1/s1. The van der Waals surface area contributed by atoms with Gasteiger partial charge in [-0.15, -0.1) is 0 Å². The smallest absolute Gasteiger partial charge is 0.185 e. The van der Waals surface area contributed by atoms with E-state index in [9.17, 15) is 19.7 Å². The third kappa shape index (κ3) is 2.97. The van der Waals surface area contributed by atoms with Crippen LogP contribution in [0.4, 0.5) is 4.39 Å². The zero-order chi connectivity index (χ0) is 23.2. The number of ketones is 1. The number of halogens is 1. The number of benzene rings is 3. The number of nitriles is 2. The number of carbonyl (C=O) groups excluding carboxylic acids is 1. The molecule has 0 saturated carbocycles. The van der Waals surface area contributed by atoms with Gasteiger partial charge in [-0.25, -0.2) is 4.39 Å². The van der Waals surface area contributed by atoms with E-state index in [4.69, 9.17) is 0 Å². The van der Waals surface area contributed by atoms with Gasteiger partial charge in [0, 0.05) is 17.7 Å². The van der Waals surface area contributed by atoms with Crippen LogP contribution in [-0.4, -0.2) is 16.7 Å². The van der Waals surface area contributed by atoms with Crippen molar-refractivity contribution < 1.29 is 9.18 Å². The second-order valence-electron chi connectivity index (χ2n) is 8.55. The molecule has 160 valence electrons. The summed E-state index contributed by atoms with van der Waals surface area (Å²) in [6.07, 6.45) is 1.88. The average Bonchev–Trinajstić information content (AvgIpc) is 3.15. The first-order valence-corrected chi connectivity index (χ1v) is 10.7. The molecular formula is C28H20FN3O. The van der Waals surface area contributed by atoms with Crippen LogP contribution in [0.15, 0.2) is 85.1 Å². The Balaban J connectivity index is 1.81. The van der Waals surface area contributed by atoms with Crippen LogP contribution in [0.2, 0.25) is 0 Å². The van der Waals surface area contributed by atoms with Gasteiger partial charge in [-0.05, 0) is 41.3 Å². The lowest BCUT2D eigenvalue weighted by Gasteiger charge is -2.36. The Labute approximate surface area is 191 Å². The van der Waals surface area contributed by atoms with Crippen molar-refractivity contribution in [2.75, 3.05) is 0 Å². The Kier molecular flexibility index (Phi) is 4.84. The molecule has 33 heavy (non-hydrogen) atoms. The lowest BCUT2D eigenvalue weighted by molar-refractivity contribution is 0.0874. The normalized spacial score (nSPS) is 22.4. The summed E-state index contributed by atoms with van der Waals surface area (Å²) in [6, 6.07) is 25.5. The van der Waals surface area contributed by atoms with Crippen molar-refractivity contribution >= 4 is 11.4 Å². The van der Waals surface area contributed by atoms with E-state index in [0.717, 1.165) is 16.7 Å². The van der Waals surface area contributed by atoms with Crippen molar-refractivity contribution in [3.8, 4) is 12.1 Å². The lowest BCUT2D eigenvalue weighted by atomic mass is 9.67. The first kappa shape index (κ1) is 20.7. The quantitative estimate of drug-likeness (QED) is 0.503. The van der Waals surface area contributed by atoms with Crippen LogP contribution in [0.5, 0.6) is 0 Å². The zero-order valence-corrected chi connectivity index (χ0v) is 17.9. The Bertz CT molecular complexity index is 1350. The van der Waals surface area contributed by atoms with Crippen LogP contribution in [0, 0.1) is 33.9 Å². The summed E-state index contributed by atoms with van der Waals surface area (Å²) in [5, 5.41) is 21.0. The molecule has 0 N–H and O–H groups in total. The third-order valence-electron chi connectivity index (χ3n) is 6.78. The molecule has 2 aliphatic rings. The van der Waals surface area contributed by atoms with E-state index >= 15 is 0 Å². The molecule has 1 fully saturated rings. The minimum atomic E-state index is -1.60. The van der Waals surface area contributed by atoms with Crippen LogP contribution >= 0.6 is 0 Å². The minimum absolute atomic E-state index is 0.203. The van der Waals surface area contributed by atoms with Gasteiger partial charge < -0.3 is 4.90 Å². The Morgan fingerprint density at radius 1 is 0.970 bits per heavy atom. The fourth-order valence-electron chi connectivity index (χ4n) is 5.43. The summed E-state index contributed by atoms with van der Waals surface area (Å²) in [6.45, 7) is 1.95. The van der Waals surface area contributed by atoms with Crippen LogP contribution in [-0.2, 0) is 0 Å². The number of hydrogen-bond acceptors (Lipinski definition) is 4. The summed E-state index contributed by atoms with van der Waals surface area (Å²) in [7, 11) is 0. The monoisotopic (exact) mass is 433 g/mol. The van der Waals surface area contributed by atoms with E-state index in [1.807, 2.05) is 48.4 Å². The third-order valence-corrected chi connectivity index (χ3v) is 6.78. The molecule has 0 amide bonds. The van der Waals surface area contributed by atoms with E-state index in [1.165, 1.54) is 12.1 Å². The van der Waals surface area contributed by atoms with Crippen molar-refractivity contribution in [2.45, 2.75) is 24.9 Å². The maximum absolute atomic E-state index is 14.3. The van der Waals surface area contributed by atoms with Gasteiger partial charge in [-0.3, -0.25) is 4.79 Å². The second kappa shape index (κ2) is 7.73. The molecule has 0 radical (unpaired) electrons. The molecular weight excluding hydrogens is 413 g/mol. The first-order chi connectivity index (χ1) is 16.0. The molecule has 3 aromatic rings. The number of rotatable bonds is 3. The molecule has 0 aromatic heterocycles. The number of Topliss-reactive ketones (excluding diaryl/α,β-unsaturated/α-hetero) is 1. The zero-order valence-electron chi connectivity index (χ0n) is 17.9. The summed E-state index contributed by atoms with van der Waals surface area (Å²) in [5.41, 5.74) is 2.06. The predicted molar refractivity (Wildman–Crippen MR) is 122 cm³/mol. The fraction of sp³-hybridized carbons (Fsp3) is 0.179. The van der Waals surface area contributed by atoms with Crippen molar-refractivity contribution in [3.05, 3.63) is 113 Å². The second-order valence-corrected chi connectivity index (χ2v) is 8.55. The van der Waals surface area contributed by atoms with Crippen molar-refractivity contribution in [2.24, 2.45) is 5.41 Å². The number of carbonyl (C=O) groups is 1.